The maximum atomic E-state index is 10.6. The zero-order valence-corrected chi connectivity index (χ0v) is 10.1. The van der Waals surface area contributed by atoms with Crippen LogP contribution in [0.25, 0.3) is 0 Å². The summed E-state index contributed by atoms with van der Waals surface area (Å²) >= 11 is 3.99. The van der Waals surface area contributed by atoms with Crippen LogP contribution < -0.4 is 11.1 Å². The number of aliphatic hydroxyl groups is 2. The Balaban J connectivity index is 2.69. The minimum absolute atomic E-state index is 0.408. The van der Waals surface area contributed by atoms with Gasteiger partial charge in [-0.3, -0.25) is 0 Å². The molecule has 6 heteroatoms. The summed E-state index contributed by atoms with van der Waals surface area (Å²) in [5.41, 5.74) is 6.08. The Morgan fingerprint density at radius 1 is 1.35 bits per heavy atom. The molecule has 2 unspecified atom stereocenters. The molecular weight excluding hydrogens is 240 g/mol. The number of amides is 2. The lowest BCUT2D eigenvalue weighted by Crippen LogP contribution is -2.20. The number of thiol groups is 1. The number of anilines is 1. The molecule has 0 aromatic heterocycles. The third-order valence-corrected chi connectivity index (χ3v) is 2.57. The van der Waals surface area contributed by atoms with E-state index in [2.05, 4.69) is 17.9 Å². The Morgan fingerprint density at radius 3 is 2.41 bits per heavy atom. The molecule has 2 atom stereocenters. The second-order valence-corrected chi connectivity index (χ2v) is 4.08. The van der Waals surface area contributed by atoms with Crippen LogP contribution in [-0.4, -0.2) is 28.1 Å². The highest BCUT2D eigenvalue weighted by atomic mass is 32.1. The normalized spacial score (nSPS) is 14.1. The molecule has 0 saturated carbocycles. The smallest absolute Gasteiger partial charge is 0.316 e. The molecule has 0 bridgehead atoms. The SMILES string of the molecule is NC(=O)Nc1ccc(C(O)C(O)CCS)cc1. The van der Waals surface area contributed by atoms with E-state index in [1.807, 2.05) is 0 Å². The standard InChI is InChI=1S/C11H16N2O3S/c12-11(16)13-8-3-1-7(2-4-8)10(15)9(14)5-6-17/h1-4,9-10,14-15,17H,5-6H2,(H3,12,13,16). The zero-order valence-electron chi connectivity index (χ0n) is 9.21. The molecular formula is C11H16N2O3S. The van der Waals surface area contributed by atoms with Gasteiger partial charge in [0, 0.05) is 5.69 Å². The van der Waals surface area contributed by atoms with E-state index in [0.29, 0.717) is 23.4 Å². The highest BCUT2D eigenvalue weighted by Gasteiger charge is 2.17. The first-order valence-corrected chi connectivity index (χ1v) is 5.81. The lowest BCUT2D eigenvalue weighted by atomic mass is 10.0. The molecule has 0 radical (unpaired) electrons. The van der Waals surface area contributed by atoms with Crippen molar-refractivity contribution in [2.45, 2.75) is 18.6 Å². The number of carbonyl (C=O) groups excluding carboxylic acids is 1. The van der Waals surface area contributed by atoms with Crippen LogP contribution in [0.4, 0.5) is 10.5 Å². The summed E-state index contributed by atoms with van der Waals surface area (Å²) in [7, 11) is 0. The van der Waals surface area contributed by atoms with Gasteiger partial charge < -0.3 is 21.3 Å². The molecule has 0 spiro atoms. The molecule has 1 rings (SSSR count). The molecule has 0 saturated heterocycles. The van der Waals surface area contributed by atoms with Gasteiger partial charge in [0.25, 0.3) is 0 Å². The van der Waals surface area contributed by atoms with Crippen LogP contribution in [0.1, 0.15) is 18.1 Å². The number of hydrogen-bond donors (Lipinski definition) is 5. The lowest BCUT2D eigenvalue weighted by Gasteiger charge is -2.17. The predicted molar refractivity (Wildman–Crippen MR) is 69.1 cm³/mol. The maximum Gasteiger partial charge on any atom is 0.316 e. The number of aliphatic hydroxyl groups excluding tert-OH is 2. The van der Waals surface area contributed by atoms with E-state index >= 15 is 0 Å². The van der Waals surface area contributed by atoms with Crippen molar-refractivity contribution in [1.82, 2.24) is 0 Å². The molecule has 1 aromatic rings. The zero-order chi connectivity index (χ0) is 12.8. The Kier molecular flexibility index (Phi) is 5.27. The van der Waals surface area contributed by atoms with Crippen molar-refractivity contribution in [1.29, 1.82) is 0 Å². The fourth-order valence-corrected chi connectivity index (χ4v) is 1.68. The Bertz CT molecular complexity index is 369. The van der Waals surface area contributed by atoms with Crippen LogP contribution in [-0.2, 0) is 0 Å². The van der Waals surface area contributed by atoms with Gasteiger partial charge in [0.2, 0.25) is 0 Å². The molecule has 5 nitrogen and oxygen atoms in total. The van der Waals surface area contributed by atoms with Gasteiger partial charge in [-0.1, -0.05) is 12.1 Å². The van der Waals surface area contributed by atoms with Crippen molar-refractivity contribution in [2.75, 3.05) is 11.1 Å². The minimum atomic E-state index is -0.954. The van der Waals surface area contributed by atoms with Crippen molar-refractivity contribution in [3.8, 4) is 0 Å². The van der Waals surface area contributed by atoms with Gasteiger partial charge in [0.15, 0.2) is 0 Å². The summed E-state index contributed by atoms with van der Waals surface area (Å²) in [6, 6.07) is 5.82. The number of nitrogens with one attached hydrogen (secondary N) is 1. The second kappa shape index (κ2) is 6.48. The largest absolute Gasteiger partial charge is 0.390 e. The van der Waals surface area contributed by atoms with E-state index < -0.39 is 18.2 Å². The quantitative estimate of drug-likeness (QED) is 0.506. The summed E-state index contributed by atoms with van der Waals surface area (Å²) in [5.74, 6) is 0.500. The Morgan fingerprint density at radius 2 is 1.94 bits per heavy atom. The molecule has 94 valence electrons. The van der Waals surface area contributed by atoms with Gasteiger partial charge in [-0.15, -0.1) is 0 Å². The molecule has 5 N–H and O–H groups in total. The van der Waals surface area contributed by atoms with Gasteiger partial charge in [-0.05, 0) is 29.9 Å². The van der Waals surface area contributed by atoms with Gasteiger partial charge >= 0.3 is 6.03 Å². The lowest BCUT2D eigenvalue weighted by molar-refractivity contribution is 0.0172. The van der Waals surface area contributed by atoms with Crippen molar-refractivity contribution in [3.05, 3.63) is 29.8 Å². The highest BCUT2D eigenvalue weighted by molar-refractivity contribution is 7.80. The molecule has 0 aliphatic carbocycles. The van der Waals surface area contributed by atoms with Crippen molar-refractivity contribution >= 4 is 24.3 Å². The third kappa shape index (κ3) is 4.26. The number of benzene rings is 1. The molecule has 0 heterocycles. The second-order valence-electron chi connectivity index (χ2n) is 3.64. The topological polar surface area (TPSA) is 95.6 Å². The van der Waals surface area contributed by atoms with E-state index in [-0.39, 0.29) is 0 Å². The predicted octanol–water partition coefficient (Wildman–Crippen LogP) is 0.891. The summed E-state index contributed by atoms with van der Waals surface area (Å²) in [5, 5.41) is 21.8. The summed E-state index contributed by atoms with van der Waals surface area (Å²) < 4.78 is 0. The molecule has 2 amide bonds. The van der Waals surface area contributed by atoms with Crippen LogP contribution in [0, 0.1) is 0 Å². The van der Waals surface area contributed by atoms with Crippen LogP contribution >= 0.6 is 12.6 Å². The number of hydrogen-bond acceptors (Lipinski definition) is 4. The van der Waals surface area contributed by atoms with Crippen molar-refractivity contribution < 1.29 is 15.0 Å². The van der Waals surface area contributed by atoms with Crippen molar-refractivity contribution in [2.24, 2.45) is 5.73 Å². The van der Waals surface area contributed by atoms with Crippen LogP contribution in [0.5, 0.6) is 0 Å². The number of carbonyl (C=O) groups is 1. The average Bonchev–Trinajstić information content (AvgIpc) is 2.28. The Labute approximate surface area is 105 Å². The fraction of sp³-hybridized carbons (Fsp3) is 0.364. The van der Waals surface area contributed by atoms with E-state index in [1.54, 1.807) is 24.3 Å². The molecule has 1 aromatic carbocycles. The fourth-order valence-electron chi connectivity index (χ4n) is 1.42. The summed E-state index contributed by atoms with van der Waals surface area (Å²) in [6.07, 6.45) is -1.39. The van der Waals surface area contributed by atoms with E-state index in [0.717, 1.165) is 0 Å². The number of nitrogens with two attached hydrogens (primary N) is 1. The van der Waals surface area contributed by atoms with E-state index in [9.17, 15) is 15.0 Å². The van der Waals surface area contributed by atoms with E-state index in [4.69, 9.17) is 5.73 Å². The van der Waals surface area contributed by atoms with Gasteiger partial charge in [0.1, 0.15) is 6.10 Å². The first-order chi connectivity index (χ1) is 8.04. The van der Waals surface area contributed by atoms with Crippen LogP contribution in [0.3, 0.4) is 0 Å². The summed E-state index contributed by atoms with van der Waals surface area (Å²) in [6.45, 7) is 0. The molecule has 0 aliphatic rings. The third-order valence-electron chi connectivity index (χ3n) is 2.31. The van der Waals surface area contributed by atoms with Crippen LogP contribution in [0.15, 0.2) is 24.3 Å². The number of urea groups is 1. The molecule has 17 heavy (non-hydrogen) atoms. The Hall–Kier alpha value is -1.24. The van der Waals surface area contributed by atoms with Gasteiger partial charge in [-0.2, -0.15) is 12.6 Å². The van der Waals surface area contributed by atoms with Gasteiger partial charge in [0.05, 0.1) is 6.10 Å². The summed E-state index contributed by atoms with van der Waals surface area (Å²) in [4.78, 5) is 10.6. The van der Waals surface area contributed by atoms with Crippen molar-refractivity contribution in [3.63, 3.8) is 0 Å². The minimum Gasteiger partial charge on any atom is -0.390 e. The number of rotatable bonds is 5. The first-order valence-electron chi connectivity index (χ1n) is 5.18. The number of primary amides is 1. The maximum absolute atomic E-state index is 10.6. The monoisotopic (exact) mass is 256 g/mol. The van der Waals surface area contributed by atoms with Gasteiger partial charge in [-0.25, -0.2) is 4.79 Å². The van der Waals surface area contributed by atoms with E-state index in [1.165, 1.54) is 0 Å². The molecule has 0 aliphatic heterocycles. The average molecular weight is 256 g/mol. The highest BCUT2D eigenvalue weighted by Crippen LogP contribution is 2.21. The molecule has 0 fully saturated rings. The first kappa shape index (κ1) is 13.8. The van der Waals surface area contributed by atoms with Crippen LogP contribution in [0.2, 0.25) is 0 Å².